The number of nitrogens with one attached hydrogen (secondary N) is 1. The van der Waals surface area contributed by atoms with Crippen LogP contribution < -0.4 is 10.7 Å². The van der Waals surface area contributed by atoms with Gasteiger partial charge in [0.1, 0.15) is 5.75 Å². The van der Waals surface area contributed by atoms with Crippen LogP contribution in [0.15, 0.2) is 27.4 Å². The summed E-state index contributed by atoms with van der Waals surface area (Å²) in [5.74, 6) is -2.36. The molecule has 0 radical (unpaired) electrons. The Kier molecular flexibility index (Phi) is 4.28. The third-order valence-corrected chi connectivity index (χ3v) is 4.35. The van der Waals surface area contributed by atoms with Gasteiger partial charge in [-0.15, -0.1) is 0 Å². The Morgan fingerprint density at radius 2 is 1.96 bits per heavy atom. The van der Waals surface area contributed by atoms with Gasteiger partial charge in [-0.25, -0.2) is 4.39 Å². The number of carbonyl (C=O) groups excluding carboxylic acids is 1. The van der Waals surface area contributed by atoms with Crippen molar-refractivity contribution in [1.82, 2.24) is 5.32 Å². The smallest absolute Gasteiger partial charge is 0.287 e. The van der Waals surface area contributed by atoms with E-state index in [0.29, 0.717) is 12.8 Å². The molecule has 1 aromatic carbocycles. The number of aliphatic hydroxyl groups is 1. The number of hydrogen-bond acceptors (Lipinski definition) is 5. The number of carbonyl (C=O) groups is 1. The summed E-state index contributed by atoms with van der Waals surface area (Å²) in [6, 6.07) is 2.83. The molecular weight excluding hydrogens is 317 g/mol. The van der Waals surface area contributed by atoms with Gasteiger partial charge in [-0.2, -0.15) is 0 Å². The van der Waals surface area contributed by atoms with Crippen molar-refractivity contribution in [1.29, 1.82) is 0 Å². The summed E-state index contributed by atoms with van der Waals surface area (Å²) >= 11 is 0. The second-order valence-corrected chi connectivity index (χ2v) is 6.25. The number of hydrogen-bond donors (Lipinski definition) is 3. The topological polar surface area (TPSA) is 99.8 Å². The molecule has 1 aliphatic rings. The number of benzene rings is 1. The van der Waals surface area contributed by atoms with Crippen molar-refractivity contribution in [3.63, 3.8) is 0 Å². The van der Waals surface area contributed by atoms with Crippen LogP contribution >= 0.6 is 0 Å². The van der Waals surface area contributed by atoms with Crippen molar-refractivity contribution >= 4 is 16.9 Å². The van der Waals surface area contributed by atoms with Gasteiger partial charge in [0, 0.05) is 18.7 Å². The summed E-state index contributed by atoms with van der Waals surface area (Å²) in [6.07, 6.45) is 4.05. The van der Waals surface area contributed by atoms with Crippen molar-refractivity contribution in [2.24, 2.45) is 0 Å². The van der Waals surface area contributed by atoms with E-state index in [1.165, 1.54) is 0 Å². The molecule has 1 aromatic heterocycles. The van der Waals surface area contributed by atoms with Gasteiger partial charge in [0.05, 0.1) is 11.0 Å². The summed E-state index contributed by atoms with van der Waals surface area (Å²) in [5, 5.41) is 22.1. The maximum absolute atomic E-state index is 13.8. The molecule has 1 aliphatic carbocycles. The first kappa shape index (κ1) is 16.4. The zero-order valence-corrected chi connectivity index (χ0v) is 13.0. The van der Waals surface area contributed by atoms with E-state index in [1.54, 1.807) is 0 Å². The lowest BCUT2D eigenvalue weighted by atomic mass is 9.85. The monoisotopic (exact) mass is 335 g/mol. The molecule has 24 heavy (non-hydrogen) atoms. The van der Waals surface area contributed by atoms with Gasteiger partial charge in [0.15, 0.2) is 22.6 Å². The molecule has 0 spiro atoms. The van der Waals surface area contributed by atoms with Crippen LogP contribution in [0.2, 0.25) is 0 Å². The van der Waals surface area contributed by atoms with Gasteiger partial charge in [-0.1, -0.05) is 19.3 Å². The highest BCUT2D eigenvalue weighted by molar-refractivity contribution is 5.93. The van der Waals surface area contributed by atoms with Crippen LogP contribution in [0.25, 0.3) is 11.0 Å². The first-order valence-electron chi connectivity index (χ1n) is 7.85. The fourth-order valence-corrected chi connectivity index (χ4v) is 3.03. The molecule has 128 valence electrons. The van der Waals surface area contributed by atoms with Gasteiger partial charge in [0.25, 0.3) is 5.91 Å². The van der Waals surface area contributed by atoms with E-state index < -0.39 is 28.5 Å². The summed E-state index contributed by atoms with van der Waals surface area (Å²) in [6.45, 7) is 0.0473. The van der Waals surface area contributed by atoms with E-state index in [0.717, 1.165) is 37.5 Å². The molecule has 0 saturated heterocycles. The molecule has 1 fully saturated rings. The van der Waals surface area contributed by atoms with Gasteiger partial charge in [-0.05, 0) is 18.9 Å². The zero-order valence-electron chi connectivity index (χ0n) is 13.0. The van der Waals surface area contributed by atoms with E-state index in [-0.39, 0.29) is 23.3 Å². The molecule has 3 N–H and O–H groups in total. The summed E-state index contributed by atoms with van der Waals surface area (Å²) < 4.78 is 19.0. The lowest BCUT2D eigenvalue weighted by molar-refractivity contribution is 0.00502. The number of amides is 1. The maximum Gasteiger partial charge on any atom is 0.287 e. The molecule has 0 aliphatic heterocycles. The van der Waals surface area contributed by atoms with Crippen LogP contribution in [0.4, 0.5) is 4.39 Å². The number of aromatic hydroxyl groups is 1. The number of phenolic OH excluding ortho intramolecular Hbond substituents is 1. The molecule has 1 heterocycles. The van der Waals surface area contributed by atoms with Crippen LogP contribution in [0.5, 0.6) is 5.75 Å². The van der Waals surface area contributed by atoms with Gasteiger partial charge < -0.3 is 19.9 Å². The predicted octanol–water partition coefficient (Wildman–Crippen LogP) is 2.06. The number of phenols is 1. The third-order valence-electron chi connectivity index (χ3n) is 4.35. The Bertz CT molecular complexity index is 839. The molecule has 0 bridgehead atoms. The molecule has 7 heteroatoms. The van der Waals surface area contributed by atoms with Crippen molar-refractivity contribution in [3.8, 4) is 5.75 Å². The fraction of sp³-hybridized carbons (Fsp3) is 0.412. The van der Waals surface area contributed by atoms with Crippen molar-refractivity contribution in [3.05, 3.63) is 40.0 Å². The zero-order chi connectivity index (χ0) is 17.3. The van der Waals surface area contributed by atoms with Crippen LogP contribution in [-0.4, -0.2) is 28.3 Å². The Morgan fingerprint density at radius 1 is 1.25 bits per heavy atom. The minimum absolute atomic E-state index is 0.0473. The number of rotatable bonds is 3. The quantitative estimate of drug-likeness (QED) is 0.797. The first-order valence-corrected chi connectivity index (χ1v) is 7.85. The van der Waals surface area contributed by atoms with Crippen LogP contribution in [0, 0.1) is 5.82 Å². The molecular formula is C17H18FNO5. The van der Waals surface area contributed by atoms with E-state index in [9.17, 15) is 24.2 Å². The van der Waals surface area contributed by atoms with Crippen LogP contribution in [0.1, 0.15) is 42.7 Å². The largest absolute Gasteiger partial charge is 0.508 e. The Hall–Kier alpha value is -2.41. The van der Waals surface area contributed by atoms with Crippen LogP contribution in [-0.2, 0) is 0 Å². The minimum atomic E-state index is -0.956. The highest BCUT2D eigenvalue weighted by Gasteiger charge is 2.30. The predicted molar refractivity (Wildman–Crippen MR) is 84.5 cm³/mol. The third kappa shape index (κ3) is 3.26. The first-order chi connectivity index (χ1) is 11.4. The van der Waals surface area contributed by atoms with E-state index in [2.05, 4.69) is 5.32 Å². The lowest BCUT2D eigenvalue weighted by Crippen LogP contribution is -2.44. The maximum atomic E-state index is 13.8. The molecule has 0 unspecified atom stereocenters. The average Bonchev–Trinajstić information content (AvgIpc) is 2.54. The fourth-order valence-electron chi connectivity index (χ4n) is 3.03. The molecule has 2 aromatic rings. The van der Waals surface area contributed by atoms with Crippen molar-refractivity contribution in [2.45, 2.75) is 37.7 Å². The Balaban J connectivity index is 1.84. The second-order valence-electron chi connectivity index (χ2n) is 6.25. The molecule has 6 nitrogen and oxygen atoms in total. The molecule has 1 saturated carbocycles. The van der Waals surface area contributed by atoms with Crippen molar-refractivity contribution in [2.75, 3.05) is 6.54 Å². The van der Waals surface area contributed by atoms with E-state index in [4.69, 9.17) is 4.42 Å². The molecule has 3 rings (SSSR count). The van der Waals surface area contributed by atoms with Gasteiger partial charge in [0.2, 0.25) is 0 Å². The number of fused-ring (bicyclic) bond motifs is 1. The summed E-state index contributed by atoms with van der Waals surface area (Å²) in [4.78, 5) is 24.2. The standard InChI is InChI=1S/C17H18FNO5/c18-12-7-10(20)6-11-13(21)8-14(24-15(11)12)16(22)19-9-17(23)4-2-1-3-5-17/h6-8,20,23H,1-5,9H2,(H,19,22). The van der Waals surface area contributed by atoms with Crippen molar-refractivity contribution < 1.29 is 23.8 Å². The van der Waals surface area contributed by atoms with Gasteiger partial charge >= 0.3 is 0 Å². The van der Waals surface area contributed by atoms with E-state index in [1.807, 2.05) is 0 Å². The Morgan fingerprint density at radius 3 is 2.67 bits per heavy atom. The SMILES string of the molecule is O=C(NCC1(O)CCCCC1)c1cc(=O)c2cc(O)cc(F)c2o1. The number of halogens is 1. The molecule has 0 atom stereocenters. The Labute approximate surface area is 136 Å². The van der Waals surface area contributed by atoms with Gasteiger partial charge in [-0.3, -0.25) is 9.59 Å². The highest BCUT2D eigenvalue weighted by Crippen LogP contribution is 2.27. The minimum Gasteiger partial charge on any atom is -0.508 e. The highest BCUT2D eigenvalue weighted by atomic mass is 19.1. The normalized spacial score (nSPS) is 16.9. The summed E-state index contributed by atoms with van der Waals surface area (Å²) in [7, 11) is 0. The molecule has 1 amide bonds. The van der Waals surface area contributed by atoms with Crippen LogP contribution in [0.3, 0.4) is 0 Å². The lowest BCUT2D eigenvalue weighted by Gasteiger charge is -2.31. The van der Waals surface area contributed by atoms with E-state index >= 15 is 0 Å². The second kappa shape index (κ2) is 6.24. The average molecular weight is 335 g/mol. The summed E-state index contributed by atoms with van der Waals surface area (Å²) in [5.41, 5.74) is -1.98.